The molecule has 1 nitrogen and oxygen atoms in total. The van der Waals surface area contributed by atoms with Gasteiger partial charge < -0.3 is 21.5 Å². The monoisotopic (exact) mass is 614 g/mol. The van der Waals surface area contributed by atoms with E-state index in [0.29, 0.717) is 0 Å². The predicted molar refractivity (Wildman–Crippen MR) is 174 cm³/mol. The molecule has 1 heterocycles. The van der Waals surface area contributed by atoms with E-state index in [1.807, 2.05) is 0 Å². The number of hydrogen-bond donors (Lipinski definition) is 0. The van der Waals surface area contributed by atoms with E-state index in [4.69, 9.17) is 0 Å². The Morgan fingerprint density at radius 3 is 0.795 bits per heavy atom. The Morgan fingerprint density at radius 2 is 0.538 bits per heavy atom. The van der Waals surface area contributed by atoms with E-state index in [9.17, 15) is 0 Å². The van der Waals surface area contributed by atoms with Crippen LogP contribution in [0.2, 0.25) is 0 Å². The summed E-state index contributed by atoms with van der Waals surface area (Å²) in [6, 6.07) is 0. The summed E-state index contributed by atoms with van der Waals surface area (Å²) in [7, 11) is 0. The van der Waals surface area contributed by atoms with Gasteiger partial charge >= 0.3 is 0 Å². The third kappa shape index (κ3) is 25.8. The molecule has 0 aliphatic carbocycles. The Hall–Kier alpha value is 0.440. The van der Waals surface area contributed by atoms with Gasteiger partial charge in [-0.25, -0.2) is 0 Å². The van der Waals surface area contributed by atoms with Gasteiger partial charge in [-0.2, -0.15) is 0 Å². The molecule has 0 radical (unpaired) electrons. The van der Waals surface area contributed by atoms with Gasteiger partial charge in [-0.05, 0) is 44.9 Å². The SMILES string of the molecule is CCCCCCCCCCCCCCCC[N+]1(CCCCCCCCCCCCCCCC)CCCCC1.[Br-]. The summed E-state index contributed by atoms with van der Waals surface area (Å²) in [5.41, 5.74) is 0. The summed E-state index contributed by atoms with van der Waals surface area (Å²) in [5, 5.41) is 0. The first-order valence-electron chi connectivity index (χ1n) is 18.7. The van der Waals surface area contributed by atoms with Crippen molar-refractivity contribution in [2.75, 3.05) is 26.2 Å². The molecular weight excluding hydrogens is 538 g/mol. The van der Waals surface area contributed by atoms with Gasteiger partial charge in [0.05, 0.1) is 26.2 Å². The smallest absolute Gasteiger partial charge is 0.0786 e. The van der Waals surface area contributed by atoms with Crippen LogP contribution in [0.1, 0.15) is 213 Å². The second kappa shape index (κ2) is 31.4. The van der Waals surface area contributed by atoms with Crippen molar-refractivity contribution in [1.29, 1.82) is 0 Å². The molecule has 1 rings (SSSR count). The third-order valence-corrected chi connectivity index (χ3v) is 9.74. The van der Waals surface area contributed by atoms with E-state index in [1.54, 1.807) is 0 Å². The average molecular weight is 615 g/mol. The van der Waals surface area contributed by atoms with Gasteiger partial charge in [0.2, 0.25) is 0 Å². The summed E-state index contributed by atoms with van der Waals surface area (Å²) in [5.74, 6) is 0. The number of unbranched alkanes of at least 4 members (excludes halogenated alkanes) is 26. The summed E-state index contributed by atoms with van der Waals surface area (Å²) in [4.78, 5) is 0. The molecule has 236 valence electrons. The minimum atomic E-state index is 0. The lowest BCUT2D eigenvalue weighted by Crippen LogP contribution is -3.00. The van der Waals surface area contributed by atoms with Crippen molar-refractivity contribution in [2.24, 2.45) is 0 Å². The molecule has 0 amide bonds. The zero-order valence-corrected chi connectivity index (χ0v) is 29.2. The lowest BCUT2D eigenvalue weighted by Gasteiger charge is -2.42. The maximum Gasteiger partial charge on any atom is 0.0786 e. The minimum absolute atomic E-state index is 0. The van der Waals surface area contributed by atoms with Crippen molar-refractivity contribution in [3.63, 3.8) is 0 Å². The number of likely N-dealkylation sites (tertiary alicyclic amines) is 1. The van der Waals surface area contributed by atoms with E-state index < -0.39 is 0 Å². The molecule has 0 N–H and O–H groups in total. The normalized spacial score (nSPS) is 14.9. The molecule has 0 saturated carbocycles. The third-order valence-electron chi connectivity index (χ3n) is 9.74. The van der Waals surface area contributed by atoms with Crippen LogP contribution in [0.15, 0.2) is 0 Å². The summed E-state index contributed by atoms with van der Waals surface area (Å²) < 4.78 is 1.50. The average Bonchev–Trinajstić information content (AvgIpc) is 2.94. The number of halogens is 1. The van der Waals surface area contributed by atoms with Crippen LogP contribution in [0.25, 0.3) is 0 Å². The highest BCUT2D eigenvalue weighted by Gasteiger charge is 2.28. The van der Waals surface area contributed by atoms with Crippen LogP contribution in [-0.4, -0.2) is 30.7 Å². The van der Waals surface area contributed by atoms with Crippen molar-refractivity contribution in [3.8, 4) is 0 Å². The van der Waals surface area contributed by atoms with Crippen LogP contribution in [0.3, 0.4) is 0 Å². The van der Waals surface area contributed by atoms with E-state index >= 15 is 0 Å². The molecule has 1 saturated heterocycles. The van der Waals surface area contributed by atoms with Crippen molar-refractivity contribution < 1.29 is 21.5 Å². The molecule has 0 unspecified atom stereocenters. The van der Waals surface area contributed by atoms with E-state index in [2.05, 4.69) is 13.8 Å². The van der Waals surface area contributed by atoms with Gasteiger partial charge in [0.25, 0.3) is 0 Å². The molecule has 0 spiro atoms. The molecule has 2 heteroatoms. The number of piperidine rings is 1. The van der Waals surface area contributed by atoms with Gasteiger partial charge in [0, 0.05) is 0 Å². The molecule has 1 fully saturated rings. The zero-order chi connectivity index (χ0) is 27.2. The van der Waals surface area contributed by atoms with E-state index in [-0.39, 0.29) is 17.0 Å². The molecule has 1 aliphatic rings. The van der Waals surface area contributed by atoms with Gasteiger partial charge in [0.15, 0.2) is 0 Å². The largest absolute Gasteiger partial charge is 1.00 e. The molecule has 1 aliphatic heterocycles. The summed E-state index contributed by atoms with van der Waals surface area (Å²) >= 11 is 0. The highest BCUT2D eigenvalue weighted by molar-refractivity contribution is 4.57. The van der Waals surface area contributed by atoms with Crippen LogP contribution in [-0.2, 0) is 0 Å². The van der Waals surface area contributed by atoms with E-state index in [1.165, 1.54) is 230 Å². The number of hydrogen-bond acceptors (Lipinski definition) is 0. The van der Waals surface area contributed by atoms with Gasteiger partial charge in [0.1, 0.15) is 0 Å². The number of rotatable bonds is 30. The van der Waals surface area contributed by atoms with Crippen molar-refractivity contribution in [2.45, 2.75) is 213 Å². The quantitative estimate of drug-likeness (QED) is 0.0558. The number of quaternary nitrogens is 1. The Bertz CT molecular complexity index is 411. The minimum Gasteiger partial charge on any atom is -1.00 e. The second-order valence-corrected chi connectivity index (χ2v) is 13.5. The highest BCUT2D eigenvalue weighted by atomic mass is 79.9. The summed E-state index contributed by atoms with van der Waals surface area (Å²) in [6.07, 6.45) is 45.9. The molecule has 0 bridgehead atoms. The second-order valence-electron chi connectivity index (χ2n) is 13.5. The standard InChI is InChI=1S/C37H76N.BrH/c1-3-5-7-9-11-13-15-17-19-21-23-25-27-30-34-38(36-32-29-33-37-38)35-31-28-26-24-22-20-18-16-14-12-10-8-6-4-2;/h3-37H2,1-2H3;1H/q+1;/p-1. The van der Waals surface area contributed by atoms with Crippen molar-refractivity contribution in [1.82, 2.24) is 0 Å². The molecule has 0 aromatic heterocycles. The highest BCUT2D eigenvalue weighted by Crippen LogP contribution is 2.23. The van der Waals surface area contributed by atoms with Gasteiger partial charge in [-0.3, -0.25) is 0 Å². The van der Waals surface area contributed by atoms with Crippen LogP contribution in [0.4, 0.5) is 0 Å². The van der Waals surface area contributed by atoms with Crippen LogP contribution in [0.5, 0.6) is 0 Å². The fourth-order valence-electron chi connectivity index (χ4n) is 7.03. The molecule has 39 heavy (non-hydrogen) atoms. The van der Waals surface area contributed by atoms with Crippen molar-refractivity contribution >= 4 is 0 Å². The fraction of sp³-hybridized carbons (Fsp3) is 1.00. The zero-order valence-electron chi connectivity index (χ0n) is 27.6. The van der Waals surface area contributed by atoms with E-state index in [0.717, 1.165) is 0 Å². The lowest BCUT2D eigenvalue weighted by atomic mass is 10.0. The Labute approximate surface area is 259 Å². The predicted octanol–water partition coefficient (Wildman–Crippen LogP) is 9.95. The topological polar surface area (TPSA) is 0 Å². The fourth-order valence-corrected chi connectivity index (χ4v) is 7.03. The molecule has 0 aromatic carbocycles. The Morgan fingerprint density at radius 1 is 0.308 bits per heavy atom. The maximum atomic E-state index is 2.31. The van der Waals surface area contributed by atoms with Crippen molar-refractivity contribution in [3.05, 3.63) is 0 Å². The number of nitrogens with zero attached hydrogens (tertiary/aromatic N) is 1. The maximum absolute atomic E-state index is 2.31. The Balaban J connectivity index is 0.0000144. The molecule has 0 aromatic rings. The molecule has 0 atom stereocenters. The first-order valence-corrected chi connectivity index (χ1v) is 18.7. The molecular formula is C37H76BrN. The van der Waals surface area contributed by atoms with Crippen LogP contribution < -0.4 is 17.0 Å². The van der Waals surface area contributed by atoms with Gasteiger partial charge in [-0.15, -0.1) is 0 Å². The van der Waals surface area contributed by atoms with Crippen LogP contribution >= 0.6 is 0 Å². The first-order chi connectivity index (χ1) is 18.8. The summed E-state index contributed by atoms with van der Waals surface area (Å²) in [6.45, 7) is 10.6. The lowest BCUT2D eigenvalue weighted by molar-refractivity contribution is -0.932. The van der Waals surface area contributed by atoms with Crippen LogP contribution in [0, 0.1) is 0 Å². The van der Waals surface area contributed by atoms with Gasteiger partial charge in [-0.1, -0.05) is 168 Å². The Kier molecular flexibility index (Phi) is 31.7. The first kappa shape index (κ1) is 39.4.